The van der Waals surface area contributed by atoms with Crippen LogP contribution in [0.5, 0.6) is 0 Å². The maximum Gasteiger partial charge on any atom is 0.194 e. The molecule has 1 heterocycles. The first kappa shape index (κ1) is 18.9. The van der Waals surface area contributed by atoms with Crippen LogP contribution in [0.15, 0.2) is 58.1 Å². The lowest BCUT2D eigenvalue weighted by molar-refractivity contribution is 0.540. The number of hydrogen-bond acceptors (Lipinski definition) is 2. The molecule has 0 aliphatic carbocycles. The molecule has 0 spiro atoms. The van der Waals surface area contributed by atoms with Crippen LogP contribution < -0.4 is 11.1 Å². The third-order valence-electron chi connectivity index (χ3n) is 3.19. The summed E-state index contributed by atoms with van der Waals surface area (Å²) in [5, 5.41) is 2.98. The highest BCUT2D eigenvalue weighted by Crippen LogP contribution is 2.25. The molecule has 1 aromatic carbocycles. The third kappa shape index (κ3) is 5.57. The Balaban J connectivity index is 0.00000242. The number of nitrogens with one attached hydrogen (secondary N) is 1. The van der Waals surface area contributed by atoms with Crippen LogP contribution in [0.1, 0.15) is 19.4 Å². The average Bonchev–Trinajstić information content (AvgIpc) is 2.47. The van der Waals surface area contributed by atoms with Crippen molar-refractivity contribution < 1.29 is 0 Å². The Kier molecular flexibility index (Phi) is 7.28. The van der Waals surface area contributed by atoms with E-state index in [2.05, 4.69) is 57.2 Å². The molecule has 0 aliphatic heterocycles. The molecule has 0 aliphatic rings. The van der Waals surface area contributed by atoms with Gasteiger partial charge in [0.1, 0.15) is 5.82 Å². The zero-order chi connectivity index (χ0) is 15.3. The minimum atomic E-state index is -0.0862. The summed E-state index contributed by atoms with van der Waals surface area (Å²) in [7, 11) is 0. The number of benzene rings is 1. The Morgan fingerprint density at radius 1 is 1.23 bits per heavy atom. The number of nitrogens with two attached hydrogens (primary N) is 1. The molecule has 0 saturated carbocycles. The van der Waals surface area contributed by atoms with Crippen LogP contribution in [0.4, 0.5) is 5.82 Å². The van der Waals surface area contributed by atoms with E-state index >= 15 is 0 Å². The van der Waals surface area contributed by atoms with Gasteiger partial charge in [-0.3, -0.25) is 4.99 Å². The molecule has 22 heavy (non-hydrogen) atoms. The van der Waals surface area contributed by atoms with Crippen molar-refractivity contribution in [3.63, 3.8) is 0 Å². The Morgan fingerprint density at radius 2 is 1.91 bits per heavy atom. The zero-order valence-corrected chi connectivity index (χ0v) is 16.5. The Hall–Kier alpha value is -1.15. The molecule has 4 nitrogen and oxygen atoms in total. The number of aliphatic imine (C=N–C) groups is 1. The van der Waals surface area contributed by atoms with Gasteiger partial charge in [0, 0.05) is 16.1 Å². The number of halogens is 2. The lowest BCUT2D eigenvalue weighted by Gasteiger charge is -2.23. The summed E-state index contributed by atoms with van der Waals surface area (Å²) in [5.41, 5.74) is 7.04. The molecule has 2 aromatic rings. The summed E-state index contributed by atoms with van der Waals surface area (Å²) in [6, 6.07) is 13.9. The molecule has 0 fully saturated rings. The number of rotatable bonds is 4. The second-order valence-corrected chi connectivity index (χ2v) is 6.35. The fourth-order valence-electron chi connectivity index (χ4n) is 1.88. The van der Waals surface area contributed by atoms with Gasteiger partial charge in [0.2, 0.25) is 0 Å². The highest BCUT2D eigenvalue weighted by Gasteiger charge is 2.20. The number of pyridine rings is 1. The Bertz CT molecular complexity index is 612. The zero-order valence-electron chi connectivity index (χ0n) is 12.6. The van der Waals surface area contributed by atoms with Crippen molar-refractivity contribution in [2.24, 2.45) is 10.7 Å². The van der Waals surface area contributed by atoms with Gasteiger partial charge in [0.15, 0.2) is 5.96 Å². The van der Waals surface area contributed by atoms with Gasteiger partial charge in [-0.25, -0.2) is 4.98 Å². The first-order chi connectivity index (χ1) is 9.97. The van der Waals surface area contributed by atoms with Crippen molar-refractivity contribution in [1.29, 1.82) is 0 Å². The fourth-order valence-corrected chi connectivity index (χ4v) is 2.15. The van der Waals surface area contributed by atoms with Crippen molar-refractivity contribution in [2.75, 3.05) is 11.9 Å². The SMILES string of the molecule is CC(C)(CN=C(N)Nc1ccccn1)c1ccc(Br)cc1.I. The normalized spacial score (nSPS) is 11.7. The van der Waals surface area contributed by atoms with E-state index in [1.54, 1.807) is 6.20 Å². The first-order valence-corrected chi connectivity index (χ1v) is 7.51. The molecule has 2 rings (SSSR count). The van der Waals surface area contributed by atoms with Crippen LogP contribution in [0.3, 0.4) is 0 Å². The van der Waals surface area contributed by atoms with Gasteiger partial charge >= 0.3 is 0 Å². The van der Waals surface area contributed by atoms with Crippen LogP contribution >= 0.6 is 39.9 Å². The number of anilines is 1. The van der Waals surface area contributed by atoms with E-state index in [9.17, 15) is 0 Å². The lowest BCUT2D eigenvalue weighted by atomic mass is 9.85. The molecule has 0 radical (unpaired) electrons. The fraction of sp³-hybridized carbons (Fsp3) is 0.250. The molecular weight excluding hydrogens is 455 g/mol. The van der Waals surface area contributed by atoms with Gasteiger partial charge in [-0.15, -0.1) is 24.0 Å². The third-order valence-corrected chi connectivity index (χ3v) is 3.72. The maximum atomic E-state index is 5.91. The topological polar surface area (TPSA) is 63.3 Å². The molecule has 0 atom stereocenters. The summed E-state index contributed by atoms with van der Waals surface area (Å²) in [6.45, 7) is 4.89. The van der Waals surface area contributed by atoms with Crippen LogP contribution in [-0.2, 0) is 5.41 Å². The van der Waals surface area contributed by atoms with Crippen LogP contribution in [0, 0.1) is 0 Å². The monoisotopic (exact) mass is 474 g/mol. The summed E-state index contributed by atoms with van der Waals surface area (Å²) in [5.74, 6) is 1.07. The molecule has 6 heteroatoms. The Labute approximate surface area is 156 Å². The number of aromatic nitrogens is 1. The van der Waals surface area contributed by atoms with E-state index < -0.39 is 0 Å². The minimum Gasteiger partial charge on any atom is -0.370 e. The van der Waals surface area contributed by atoms with E-state index in [0.717, 1.165) is 4.47 Å². The quantitative estimate of drug-likeness (QED) is 0.397. The maximum absolute atomic E-state index is 5.91. The number of hydrogen-bond donors (Lipinski definition) is 2. The van der Waals surface area contributed by atoms with E-state index in [1.165, 1.54) is 5.56 Å². The predicted molar refractivity (Wildman–Crippen MR) is 107 cm³/mol. The molecule has 3 N–H and O–H groups in total. The minimum absolute atomic E-state index is 0. The van der Waals surface area contributed by atoms with E-state index in [1.807, 2.05) is 30.3 Å². The van der Waals surface area contributed by atoms with Gasteiger partial charge in [-0.2, -0.15) is 0 Å². The average molecular weight is 475 g/mol. The van der Waals surface area contributed by atoms with Crippen molar-refractivity contribution in [3.05, 3.63) is 58.7 Å². The summed E-state index contributed by atoms with van der Waals surface area (Å²) in [4.78, 5) is 8.58. The molecule has 118 valence electrons. The van der Waals surface area contributed by atoms with Gasteiger partial charge < -0.3 is 11.1 Å². The van der Waals surface area contributed by atoms with Gasteiger partial charge in [-0.05, 0) is 29.8 Å². The van der Waals surface area contributed by atoms with E-state index in [4.69, 9.17) is 5.73 Å². The summed E-state index contributed by atoms with van der Waals surface area (Å²) >= 11 is 3.45. The molecule has 0 unspecified atom stereocenters. The smallest absolute Gasteiger partial charge is 0.194 e. The molecule has 0 bridgehead atoms. The largest absolute Gasteiger partial charge is 0.370 e. The molecule has 0 saturated heterocycles. The van der Waals surface area contributed by atoms with E-state index in [0.29, 0.717) is 18.3 Å². The summed E-state index contributed by atoms with van der Waals surface area (Å²) in [6.07, 6.45) is 1.71. The summed E-state index contributed by atoms with van der Waals surface area (Å²) < 4.78 is 1.07. The lowest BCUT2D eigenvalue weighted by Crippen LogP contribution is -2.28. The Morgan fingerprint density at radius 3 is 2.50 bits per heavy atom. The molecule has 1 aromatic heterocycles. The predicted octanol–water partition coefficient (Wildman–Crippen LogP) is 4.17. The second kappa shape index (κ2) is 8.47. The van der Waals surface area contributed by atoms with Gasteiger partial charge in [0.05, 0.1) is 6.54 Å². The highest BCUT2D eigenvalue weighted by molar-refractivity contribution is 14.0. The van der Waals surface area contributed by atoms with Gasteiger partial charge in [-0.1, -0.05) is 48.0 Å². The number of nitrogens with zero attached hydrogens (tertiary/aromatic N) is 2. The van der Waals surface area contributed by atoms with Crippen molar-refractivity contribution >= 4 is 51.7 Å². The highest BCUT2D eigenvalue weighted by atomic mass is 127. The standard InChI is InChI=1S/C16H19BrN4.HI/c1-16(2,12-6-8-13(17)9-7-12)11-20-15(18)21-14-5-3-4-10-19-14;/h3-10H,11H2,1-2H3,(H3,18,19,20,21);1H. The van der Waals surface area contributed by atoms with Crippen LogP contribution in [-0.4, -0.2) is 17.5 Å². The number of guanidine groups is 1. The molecule has 0 amide bonds. The van der Waals surface area contributed by atoms with Crippen LogP contribution in [0.2, 0.25) is 0 Å². The van der Waals surface area contributed by atoms with Crippen molar-refractivity contribution in [3.8, 4) is 0 Å². The van der Waals surface area contributed by atoms with Crippen molar-refractivity contribution in [2.45, 2.75) is 19.3 Å². The first-order valence-electron chi connectivity index (χ1n) is 6.71. The van der Waals surface area contributed by atoms with E-state index in [-0.39, 0.29) is 29.4 Å². The molecular formula is C16H20BrIN4. The van der Waals surface area contributed by atoms with Gasteiger partial charge in [0.25, 0.3) is 0 Å². The van der Waals surface area contributed by atoms with Crippen LogP contribution in [0.25, 0.3) is 0 Å². The van der Waals surface area contributed by atoms with Crippen molar-refractivity contribution in [1.82, 2.24) is 4.98 Å². The second-order valence-electron chi connectivity index (χ2n) is 5.43.